The summed E-state index contributed by atoms with van der Waals surface area (Å²) in [6.45, 7) is 5.38. The first-order valence-electron chi connectivity index (χ1n) is 6.13. The van der Waals surface area contributed by atoms with Gasteiger partial charge in [0.25, 0.3) is 0 Å². The Bertz CT molecular complexity index is 478. The molecule has 0 bridgehead atoms. The van der Waals surface area contributed by atoms with Crippen LogP contribution in [0.4, 0.5) is 0 Å². The lowest BCUT2D eigenvalue weighted by Gasteiger charge is -2.22. The van der Waals surface area contributed by atoms with Crippen molar-refractivity contribution in [3.8, 4) is 5.75 Å². The predicted octanol–water partition coefficient (Wildman–Crippen LogP) is 1.90. The maximum absolute atomic E-state index is 11.7. The average molecular weight is 263 g/mol. The zero-order valence-corrected chi connectivity index (χ0v) is 11.9. The molecule has 4 nitrogen and oxygen atoms in total. The SMILES string of the molecule is COc1ccc(C)cc1/C=C/C(=O)NC(C)(C)CO. The number of methoxy groups -OCH3 is 1. The van der Waals surface area contributed by atoms with Crippen LogP contribution in [-0.4, -0.2) is 30.3 Å². The summed E-state index contributed by atoms with van der Waals surface area (Å²) in [6.07, 6.45) is 3.14. The predicted molar refractivity (Wildman–Crippen MR) is 76.1 cm³/mol. The van der Waals surface area contributed by atoms with Gasteiger partial charge in [0.05, 0.1) is 19.3 Å². The third-order valence-corrected chi connectivity index (χ3v) is 2.66. The normalized spacial score (nSPS) is 11.6. The van der Waals surface area contributed by atoms with E-state index in [2.05, 4.69) is 5.32 Å². The molecule has 4 heteroatoms. The van der Waals surface area contributed by atoms with Gasteiger partial charge in [0.15, 0.2) is 0 Å². The van der Waals surface area contributed by atoms with Crippen molar-refractivity contribution in [1.82, 2.24) is 5.32 Å². The molecule has 1 rings (SSSR count). The summed E-state index contributed by atoms with van der Waals surface area (Å²) in [4.78, 5) is 11.7. The second-order valence-corrected chi connectivity index (χ2v) is 5.11. The molecule has 0 fully saturated rings. The molecule has 0 unspecified atom stereocenters. The Hall–Kier alpha value is -1.81. The summed E-state index contributed by atoms with van der Waals surface area (Å²) in [6, 6.07) is 5.76. The number of nitrogens with one attached hydrogen (secondary N) is 1. The van der Waals surface area contributed by atoms with Crippen LogP contribution in [0.5, 0.6) is 5.75 Å². The largest absolute Gasteiger partial charge is 0.496 e. The summed E-state index contributed by atoms with van der Waals surface area (Å²) in [5, 5.41) is 11.8. The number of rotatable bonds is 5. The fourth-order valence-electron chi connectivity index (χ4n) is 1.56. The summed E-state index contributed by atoms with van der Waals surface area (Å²) in [5.74, 6) is 0.471. The van der Waals surface area contributed by atoms with E-state index in [1.54, 1.807) is 27.0 Å². The van der Waals surface area contributed by atoms with Gasteiger partial charge in [-0.15, -0.1) is 0 Å². The van der Waals surface area contributed by atoms with Gasteiger partial charge in [-0.25, -0.2) is 0 Å². The van der Waals surface area contributed by atoms with Crippen molar-refractivity contribution in [1.29, 1.82) is 0 Å². The number of ether oxygens (including phenoxy) is 1. The molecule has 1 amide bonds. The number of aryl methyl sites for hydroxylation is 1. The van der Waals surface area contributed by atoms with Crippen molar-refractivity contribution < 1.29 is 14.6 Å². The first-order chi connectivity index (χ1) is 8.88. The minimum Gasteiger partial charge on any atom is -0.496 e. The number of carbonyl (C=O) groups is 1. The second-order valence-electron chi connectivity index (χ2n) is 5.11. The third-order valence-electron chi connectivity index (χ3n) is 2.66. The fraction of sp³-hybridized carbons (Fsp3) is 0.400. The minimum absolute atomic E-state index is 0.111. The Balaban J connectivity index is 2.81. The number of hydrogen-bond donors (Lipinski definition) is 2. The van der Waals surface area contributed by atoms with E-state index in [4.69, 9.17) is 9.84 Å². The van der Waals surface area contributed by atoms with Gasteiger partial charge in [0.2, 0.25) is 5.91 Å². The van der Waals surface area contributed by atoms with Crippen LogP contribution in [0.1, 0.15) is 25.0 Å². The first-order valence-corrected chi connectivity index (χ1v) is 6.13. The Morgan fingerprint density at radius 1 is 1.47 bits per heavy atom. The zero-order valence-electron chi connectivity index (χ0n) is 11.9. The Morgan fingerprint density at radius 2 is 2.16 bits per heavy atom. The van der Waals surface area contributed by atoms with E-state index in [1.807, 2.05) is 25.1 Å². The van der Waals surface area contributed by atoms with Crippen LogP contribution in [0.15, 0.2) is 24.3 Å². The number of benzene rings is 1. The van der Waals surface area contributed by atoms with Crippen molar-refractivity contribution in [2.45, 2.75) is 26.3 Å². The van der Waals surface area contributed by atoms with Gasteiger partial charge in [-0.3, -0.25) is 4.79 Å². The lowest BCUT2D eigenvalue weighted by atomic mass is 10.1. The van der Waals surface area contributed by atoms with Crippen molar-refractivity contribution in [2.75, 3.05) is 13.7 Å². The van der Waals surface area contributed by atoms with E-state index in [-0.39, 0.29) is 12.5 Å². The smallest absolute Gasteiger partial charge is 0.244 e. The van der Waals surface area contributed by atoms with E-state index < -0.39 is 5.54 Å². The molecular formula is C15H21NO3. The van der Waals surface area contributed by atoms with E-state index in [0.717, 1.165) is 16.9 Å². The van der Waals surface area contributed by atoms with Gasteiger partial charge in [-0.1, -0.05) is 11.6 Å². The zero-order chi connectivity index (χ0) is 14.5. The summed E-state index contributed by atoms with van der Waals surface area (Å²) in [5.41, 5.74) is 1.31. The van der Waals surface area contributed by atoms with Crippen LogP contribution in [0.3, 0.4) is 0 Å². The number of aliphatic hydroxyl groups is 1. The molecule has 0 aliphatic carbocycles. The van der Waals surface area contributed by atoms with Gasteiger partial charge < -0.3 is 15.2 Å². The van der Waals surface area contributed by atoms with Crippen LogP contribution in [0, 0.1) is 6.92 Å². The summed E-state index contributed by atoms with van der Waals surface area (Å²) < 4.78 is 5.23. The van der Waals surface area contributed by atoms with E-state index in [9.17, 15) is 4.79 Å². The molecule has 0 spiro atoms. The standard InChI is InChI=1S/C15H21NO3/c1-11-5-7-13(19-4)12(9-11)6-8-14(18)16-15(2,3)10-17/h5-9,17H,10H2,1-4H3,(H,16,18)/b8-6+. The molecule has 0 saturated carbocycles. The highest BCUT2D eigenvalue weighted by Crippen LogP contribution is 2.20. The molecular weight excluding hydrogens is 242 g/mol. The molecule has 2 N–H and O–H groups in total. The van der Waals surface area contributed by atoms with Gasteiger partial charge in [0.1, 0.15) is 5.75 Å². The number of amides is 1. The molecule has 1 aromatic carbocycles. The number of hydrogen-bond acceptors (Lipinski definition) is 3. The lowest BCUT2D eigenvalue weighted by molar-refractivity contribution is -0.118. The molecule has 1 aromatic rings. The summed E-state index contributed by atoms with van der Waals surface area (Å²) in [7, 11) is 1.59. The third kappa shape index (κ3) is 4.75. The highest BCUT2D eigenvalue weighted by molar-refractivity contribution is 5.92. The highest BCUT2D eigenvalue weighted by Gasteiger charge is 2.17. The molecule has 0 aliphatic rings. The number of aliphatic hydroxyl groups excluding tert-OH is 1. The topological polar surface area (TPSA) is 58.6 Å². The van der Waals surface area contributed by atoms with Crippen LogP contribution >= 0.6 is 0 Å². The molecule has 0 aromatic heterocycles. The molecule has 0 atom stereocenters. The monoisotopic (exact) mass is 263 g/mol. The maximum atomic E-state index is 11.7. The molecule has 0 heterocycles. The first kappa shape index (κ1) is 15.2. The maximum Gasteiger partial charge on any atom is 0.244 e. The average Bonchev–Trinajstić information content (AvgIpc) is 2.36. The van der Waals surface area contributed by atoms with Crippen molar-refractivity contribution in [3.05, 3.63) is 35.4 Å². The van der Waals surface area contributed by atoms with E-state index in [0.29, 0.717) is 0 Å². The quantitative estimate of drug-likeness (QED) is 0.798. The van der Waals surface area contributed by atoms with Crippen molar-refractivity contribution in [2.24, 2.45) is 0 Å². The van der Waals surface area contributed by atoms with Crippen LogP contribution < -0.4 is 10.1 Å². The Kier molecular flexibility index (Phi) is 5.12. The van der Waals surface area contributed by atoms with Gasteiger partial charge in [-0.05, 0) is 39.0 Å². The molecule has 0 saturated heterocycles. The van der Waals surface area contributed by atoms with Crippen LogP contribution in [0.25, 0.3) is 6.08 Å². The van der Waals surface area contributed by atoms with E-state index in [1.165, 1.54) is 6.08 Å². The number of carbonyl (C=O) groups excluding carboxylic acids is 1. The van der Waals surface area contributed by atoms with Crippen molar-refractivity contribution >= 4 is 12.0 Å². The second kappa shape index (κ2) is 6.38. The Labute approximate surface area is 114 Å². The molecule has 0 radical (unpaired) electrons. The van der Waals surface area contributed by atoms with Crippen LogP contribution in [0.2, 0.25) is 0 Å². The molecule has 0 aliphatic heterocycles. The summed E-state index contributed by atoms with van der Waals surface area (Å²) >= 11 is 0. The minimum atomic E-state index is -0.627. The van der Waals surface area contributed by atoms with Gasteiger partial charge >= 0.3 is 0 Å². The highest BCUT2D eigenvalue weighted by atomic mass is 16.5. The fourth-order valence-corrected chi connectivity index (χ4v) is 1.56. The van der Waals surface area contributed by atoms with E-state index >= 15 is 0 Å². The Morgan fingerprint density at radius 3 is 2.74 bits per heavy atom. The van der Waals surface area contributed by atoms with Crippen molar-refractivity contribution in [3.63, 3.8) is 0 Å². The lowest BCUT2D eigenvalue weighted by Crippen LogP contribution is -2.45. The van der Waals surface area contributed by atoms with Gasteiger partial charge in [-0.2, -0.15) is 0 Å². The molecule has 104 valence electrons. The molecule has 19 heavy (non-hydrogen) atoms. The van der Waals surface area contributed by atoms with Gasteiger partial charge in [0, 0.05) is 11.6 Å². The van der Waals surface area contributed by atoms with Crippen LogP contribution in [-0.2, 0) is 4.79 Å².